The number of amides is 1. The van der Waals surface area contributed by atoms with Gasteiger partial charge in [0.1, 0.15) is 0 Å². The lowest BCUT2D eigenvalue weighted by atomic mass is 10.1. The zero-order chi connectivity index (χ0) is 14.4. The molecule has 2 N–H and O–H groups in total. The highest BCUT2D eigenvalue weighted by atomic mass is 32.2. The summed E-state index contributed by atoms with van der Waals surface area (Å²) in [4.78, 5) is 22.0. The fourth-order valence-corrected chi connectivity index (χ4v) is 2.29. The number of thioether (sulfide) groups is 1. The molecular formula is C13H15NO5S. The van der Waals surface area contributed by atoms with Crippen molar-refractivity contribution >= 4 is 23.6 Å². The van der Waals surface area contributed by atoms with Gasteiger partial charge in [0, 0.05) is 12.3 Å². The second-order valence-corrected chi connectivity index (χ2v) is 5.27. The van der Waals surface area contributed by atoms with E-state index in [2.05, 4.69) is 5.32 Å². The molecule has 0 spiro atoms. The van der Waals surface area contributed by atoms with E-state index in [1.165, 1.54) is 11.8 Å². The van der Waals surface area contributed by atoms with Gasteiger partial charge in [-0.15, -0.1) is 11.8 Å². The van der Waals surface area contributed by atoms with Gasteiger partial charge in [0.25, 0.3) is 0 Å². The summed E-state index contributed by atoms with van der Waals surface area (Å²) in [6.07, 6.45) is 0.264. The number of carbonyl (C=O) groups is 2. The molecule has 0 fully saturated rings. The van der Waals surface area contributed by atoms with Crippen molar-refractivity contribution in [2.45, 2.75) is 6.42 Å². The Labute approximate surface area is 120 Å². The van der Waals surface area contributed by atoms with Crippen LogP contribution in [0.4, 0.5) is 0 Å². The number of benzene rings is 1. The van der Waals surface area contributed by atoms with Gasteiger partial charge in [0.2, 0.25) is 12.7 Å². The van der Waals surface area contributed by atoms with E-state index in [4.69, 9.17) is 14.6 Å². The minimum Gasteiger partial charge on any atom is -0.481 e. The van der Waals surface area contributed by atoms with E-state index in [1.807, 2.05) is 6.07 Å². The molecule has 108 valence electrons. The zero-order valence-corrected chi connectivity index (χ0v) is 11.6. The Morgan fingerprint density at radius 2 is 2.10 bits per heavy atom. The zero-order valence-electron chi connectivity index (χ0n) is 10.8. The molecule has 6 nitrogen and oxygen atoms in total. The van der Waals surface area contributed by atoms with Gasteiger partial charge in [-0.2, -0.15) is 0 Å². The average molecular weight is 297 g/mol. The van der Waals surface area contributed by atoms with E-state index >= 15 is 0 Å². The fourth-order valence-electron chi connectivity index (χ4n) is 1.72. The lowest BCUT2D eigenvalue weighted by Gasteiger charge is -2.05. The lowest BCUT2D eigenvalue weighted by molar-refractivity contribution is -0.133. The van der Waals surface area contributed by atoms with Crippen LogP contribution < -0.4 is 14.8 Å². The van der Waals surface area contributed by atoms with Crippen molar-refractivity contribution in [1.29, 1.82) is 0 Å². The van der Waals surface area contributed by atoms with Crippen LogP contribution in [0, 0.1) is 0 Å². The molecule has 0 aromatic heterocycles. The van der Waals surface area contributed by atoms with Crippen molar-refractivity contribution in [3.8, 4) is 11.5 Å². The normalized spacial score (nSPS) is 12.2. The van der Waals surface area contributed by atoms with Gasteiger partial charge in [-0.1, -0.05) is 6.07 Å². The van der Waals surface area contributed by atoms with Crippen molar-refractivity contribution in [2.24, 2.45) is 0 Å². The number of nitrogens with one attached hydrogen (secondary N) is 1. The smallest absolute Gasteiger partial charge is 0.313 e. The highest BCUT2D eigenvalue weighted by molar-refractivity contribution is 7.99. The summed E-state index contributed by atoms with van der Waals surface area (Å²) in [6, 6.07) is 5.40. The van der Waals surface area contributed by atoms with E-state index in [0.717, 1.165) is 5.56 Å². The van der Waals surface area contributed by atoms with Crippen LogP contribution in [0.1, 0.15) is 5.56 Å². The molecule has 20 heavy (non-hydrogen) atoms. The number of carboxylic acid groups (broad SMARTS) is 1. The molecule has 0 aliphatic carbocycles. The number of hydrogen-bond acceptors (Lipinski definition) is 5. The quantitative estimate of drug-likeness (QED) is 0.727. The highest BCUT2D eigenvalue weighted by Crippen LogP contribution is 2.32. The van der Waals surface area contributed by atoms with Crippen LogP contribution in [0.2, 0.25) is 0 Å². The van der Waals surface area contributed by atoms with E-state index < -0.39 is 5.97 Å². The number of carboxylic acids is 1. The summed E-state index contributed by atoms with van der Waals surface area (Å²) in [5.41, 5.74) is 0.852. The summed E-state index contributed by atoms with van der Waals surface area (Å²) in [5.74, 6) is 1.05. The maximum atomic E-state index is 11.7. The van der Waals surface area contributed by atoms with Crippen molar-refractivity contribution in [3.05, 3.63) is 23.8 Å². The van der Waals surface area contributed by atoms with Crippen molar-refractivity contribution in [2.75, 3.05) is 24.8 Å². The molecule has 0 atom stereocenters. The average Bonchev–Trinajstić information content (AvgIpc) is 2.85. The molecule has 0 saturated carbocycles. The topological polar surface area (TPSA) is 84.9 Å². The maximum Gasteiger partial charge on any atom is 0.313 e. The maximum absolute atomic E-state index is 11.7. The summed E-state index contributed by atoms with van der Waals surface area (Å²) >= 11 is 1.28. The number of fused-ring (bicyclic) bond motifs is 1. The van der Waals surface area contributed by atoms with Gasteiger partial charge >= 0.3 is 5.97 Å². The van der Waals surface area contributed by atoms with Gasteiger partial charge in [-0.05, 0) is 17.7 Å². The standard InChI is InChI=1S/C13H15NO5S/c15-12(14-3-4-20-7-13(16)17)6-9-1-2-10-11(5-9)19-8-18-10/h1-2,5H,3-4,6-8H2,(H,14,15)(H,16,17). The molecule has 7 heteroatoms. The van der Waals surface area contributed by atoms with Crippen LogP contribution in [0.15, 0.2) is 18.2 Å². The first-order valence-electron chi connectivity index (χ1n) is 6.10. The van der Waals surface area contributed by atoms with Crippen molar-refractivity contribution in [1.82, 2.24) is 5.32 Å². The number of carbonyl (C=O) groups excluding carboxylic acids is 1. The first-order chi connectivity index (χ1) is 9.65. The van der Waals surface area contributed by atoms with Crippen LogP contribution >= 0.6 is 11.8 Å². The predicted molar refractivity (Wildman–Crippen MR) is 74.2 cm³/mol. The third-order valence-electron chi connectivity index (χ3n) is 2.60. The van der Waals surface area contributed by atoms with Crippen molar-refractivity contribution in [3.63, 3.8) is 0 Å². The van der Waals surface area contributed by atoms with Crippen LogP contribution in [-0.2, 0) is 16.0 Å². The molecular weight excluding hydrogens is 282 g/mol. The largest absolute Gasteiger partial charge is 0.481 e. The first kappa shape index (κ1) is 14.5. The monoisotopic (exact) mass is 297 g/mol. The third kappa shape index (κ3) is 4.34. The van der Waals surface area contributed by atoms with Gasteiger partial charge in [-0.3, -0.25) is 9.59 Å². The molecule has 2 rings (SSSR count). The van der Waals surface area contributed by atoms with Gasteiger partial charge in [0.05, 0.1) is 12.2 Å². The van der Waals surface area contributed by atoms with Crippen LogP contribution in [0.5, 0.6) is 11.5 Å². The minimum absolute atomic E-state index is 0.0536. The Bertz CT molecular complexity index is 506. The SMILES string of the molecule is O=C(O)CSCCNC(=O)Cc1ccc2c(c1)OCO2. The molecule has 1 aliphatic rings. The van der Waals surface area contributed by atoms with Gasteiger partial charge in [0.15, 0.2) is 11.5 Å². The summed E-state index contributed by atoms with van der Waals surface area (Å²) in [6.45, 7) is 0.674. The van der Waals surface area contributed by atoms with E-state index in [1.54, 1.807) is 12.1 Å². The predicted octanol–water partition coefficient (Wildman–Crippen LogP) is 0.892. The molecule has 1 aliphatic heterocycles. The van der Waals surface area contributed by atoms with E-state index in [0.29, 0.717) is 23.8 Å². The molecule has 1 heterocycles. The van der Waals surface area contributed by atoms with Crippen molar-refractivity contribution < 1.29 is 24.2 Å². The minimum atomic E-state index is -0.846. The molecule has 1 aromatic rings. The summed E-state index contributed by atoms with van der Waals surface area (Å²) in [7, 11) is 0. The van der Waals surface area contributed by atoms with E-state index in [-0.39, 0.29) is 24.9 Å². The highest BCUT2D eigenvalue weighted by Gasteiger charge is 2.14. The second kappa shape index (κ2) is 7.04. The van der Waals surface area contributed by atoms with Gasteiger partial charge in [-0.25, -0.2) is 0 Å². The van der Waals surface area contributed by atoms with Crippen LogP contribution in [0.25, 0.3) is 0 Å². The first-order valence-corrected chi connectivity index (χ1v) is 7.25. The Kier molecular flexibility index (Phi) is 5.11. The second-order valence-electron chi connectivity index (χ2n) is 4.16. The molecule has 0 saturated heterocycles. The van der Waals surface area contributed by atoms with Gasteiger partial charge < -0.3 is 19.9 Å². The summed E-state index contributed by atoms with van der Waals surface area (Å²) < 4.78 is 10.4. The number of aliphatic carboxylic acids is 1. The van der Waals surface area contributed by atoms with Crippen LogP contribution in [-0.4, -0.2) is 41.8 Å². The Balaban J connectivity index is 1.70. The molecule has 1 aromatic carbocycles. The van der Waals surface area contributed by atoms with Crippen LogP contribution in [0.3, 0.4) is 0 Å². The number of rotatable bonds is 7. The lowest BCUT2D eigenvalue weighted by Crippen LogP contribution is -2.27. The number of ether oxygens (including phenoxy) is 2. The molecule has 0 unspecified atom stereocenters. The molecule has 0 bridgehead atoms. The van der Waals surface area contributed by atoms with E-state index in [9.17, 15) is 9.59 Å². The molecule has 1 amide bonds. The summed E-state index contributed by atoms with van der Waals surface area (Å²) in [5, 5.41) is 11.2. The number of hydrogen-bond donors (Lipinski definition) is 2. The molecule has 0 radical (unpaired) electrons. The Morgan fingerprint density at radius 3 is 2.90 bits per heavy atom. The third-order valence-corrected chi connectivity index (χ3v) is 3.54. The fraction of sp³-hybridized carbons (Fsp3) is 0.385. The Morgan fingerprint density at radius 1 is 1.30 bits per heavy atom. The Hall–Kier alpha value is -1.89.